The van der Waals surface area contributed by atoms with Crippen LogP contribution in [-0.4, -0.2) is 46.7 Å². The van der Waals surface area contributed by atoms with E-state index in [9.17, 15) is 14.4 Å². The molecule has 0 aromatic carbocycles. The van der Waals surface area contributed by atoms with Gasteiger partial charge in [0.2, 0.25) is 0 Å². The summed E-state index contributed by atoms with van der Waals surface area (Å²) in [7, 11) is 0.173. The van der Waals surface area contributed by atoms with E-state index in [0.717, 1.165) is 7.11 Å². The second-order valence-electron chi connectivity index (χ2n) is 6.41. The molecule has 128 valence electrons. The second-order valence-corrected chi connectivity index (χ2v) is 11.2. The van der Waals surface area contributed by atoms with Crippen LogP contribution in [0, 0.1) is 0 Å². The van der Waals surface area contributed by atoms with Crippen LogP contribution in [0.3, 0.4) is 0 Å². The van der Waals surface area contributed by atoms with Gasteiger partial charge in [-0.15, -0.1) is 0 Å². The first kappa shape index (κ1) is 20.6. The Morgan fingerprint density at radius 3 is 1.86 bits per heavy atom. The van der Waals surface area contributed by atoms with Crippen LogP contribution < -0.4 is 0 Å². The molecule has 0 radical (unpaired) electrons. The smallest absolute Gasteiger partial charge is 0.469 e. The SMILES string of the molecule is COC(=O)C[C@@H](CC(=O)OC(=O)OC)O[Si](C)(C)C(C)(C)C. The molecule has 8 heteroatoms. The van der Waals surface area contributed by atoms with Crippen molar-refractivity contribution >= 4 is 26.4 Å². The van der Waals surface area contributed by atoms with Crippen LogP contribution in [0.4, 0.5) is 4.79 Å². The predicted molar refractivity (Wildman–Crippen MR) is 81.8 cm³/mol. The fourth-order valence-electron chi connectivity index (χ4n) is 1.38. The van der Waals surface area contributed by atoms with Gasteiger partial charge in [0.05, 0.1) is 33.2 Å². The molecular formula is C14H26O7Si. The van der Waals surface area contributed by atoms with E-state index < -0.39 is 32.5 Å². The highest BCUT2D eigenvalue weighted by Crippen LogP contribution is 2.38. The van der Waals surface area contributed by atoms with Crippen LogP contribution in [0.5, 0.6) is 0 Å². The van der Waals surface area contributed by atoms with Gasteiger partial charge in [0.25, 0.3) is 0 Å². The first-order valence-corrected chi connectivity index (χ1v) is 9.87. The van der Waals surface area contributed by atoms with Gasteiger partial charge in [-0.2, -0.15) is 0 Å². The molecule has 0 fully saturated rings. The maximum absolute atomic E-state index is 11.7. The second kappa shape index (κ2) is 8.28. The van der Waals surface area contributed by atoms with Crippen molar-refractivity contribution < 1.29 is 33.0 Å². The van der Waals surface area contributed by atoms with Gasteiger partial charge in [-0.1, -0.05) is 20.8 Å². The topological polar surface area (TPSA) is 88.1 Å². The Kier molecular flexibility index (Phi) is 7.75. The van der Waals surface area contributed by atoms with Gasteiger partial charge < -0.3 is 18.6 Å². The summed E-state index contributed by atoms with van der Waals surface area (Å²) in [6.45, 7) is 10.1. The zero-order valence-electron chi connectivity index (χ0n) is 14.3. The lowest BCUT2D eigenvalue weighted by Gasteiger charge is -2.38. The van der Waals surface area contributed by atoms with Crippen LogP contribution in [0.1, 0.15) is 33.6 Å². The Balaban J connectivity index is 4.94. The molecule has 0 bridgehead atoms. The lowest BCUT2D eigenvalue weighted by atomic mass is 10.2. The molecule has 0 spiro atoms. The van der Waals surface area contributed by atoms with Crippen molar-refractivity contribution in [1.29, 1.82) is 0 Å². The minimum Gasteiger partial charge on any atom is -0.469 e. The molecule has 0 saturated carbocycles. The number of methoxy groups -OCH3 is 2. The molecule has 0 aromatic rings. The summed E-state index contributed by atoms with van der Waals surface area (Å²) >= 11 is 0. The molecule has 0 aliphatic carbocycles. The van der Waals surface area contributed by atoms with E-state index in [0.29, 0.717) is 0 Å². The highest BCUT2D eigenvalue weighted by Gasteiger charge is 2.40. The van der Waals surface area contributed by atoms with E-state index in [1.165, 1.54) is 7.11 Å². The van der Waals surface area contributed by atoms with Crippen LogP contribution in [-0.2, 0) is 28.2 Å². The van der Waals surface area contributed by atoms with E-state index in [-0.39, 0.29) is 17.9 Å². The van der Waals surface area contributed by atoms with Crippen molar-refractivity contribution in [2.45, 2.75) is 57.8 Å². The van der Waals surface area contributed by atoms with Crippen molar-refractivity contribution in [2.75, 3.05) is 14.2 Å². The van der Waals surface area contributed by atoms with E-state index in [1.54, 1.807) is 0 Å². The zero-order valence-corrected chi connectivity index (χ0v) is 15.3. The molecule has 0 N–H and O–H groups in total. The van der Waals surface area contributed by atoms with Crippen LogP contribution in [0.25, 0.3) is 0 Å². The third-order valence-electron chi connectivity index (χ3n) is 3.65. The Hall–Kier alpha value is -1.41. The number of ether oxygens (including phenoxy) is 3. The molecule has 0 heterocycles. The number of esters is 2. The summed E-state index contributed by atoms with van der Waals surface area (Å²) in [4.78, 5) is 34.1. The van der Waals surface area contributed by atoms with Gasteiger partial charge >= 0.3 is 18.1 Å². The molecule has 0 amide bonds. The summed E-state index contributed by atoms with van der Waals surface area (Å²) in [6, 6.07) is 0. The van der Waals surface area contributed by atoms with Gasteiger partial charge in [0, 0.05) is 0 Å². The number of carbonyl (C=O) groups is 3. The number of carbonyl (C=O) groups excluding carboxylic acids is 3. The van der Waals surface area contributed by atoms with Crippen molar-refractivity contribution in [3.63, 3.8) is 0 Å². The predicted octanol–water partition coefficient (Wildman–Crippen LogP) is 2.64. The van der Waals surface area contributed by atoms with Gasteiger partial charge in [0.1, 0.15) is 0 Å². The largest absolute Gasteiger partial charge is 0.515 e. The first-order valence-electron chi connectivity index (χ1n) is 6.96. The number of hydrogen-bond acceptors (Lipinski definition) is 7. The summed E-state index contributed by atoms with van der Waals surface area (Å²) in [6.07, 6.45) is -2.10. The molecule has 0 unspecified atom stereocenters. The monoisotopic (exact) mass is 334 g/mol. The molecular weight excluding hydrogens is 308 g/mol. The van der Waals surface area contributed by atoms with Crippen molar-refractivity contribution in [1.82, 2.24) is 0 Å². The summed E-state index contributed by atoms with van der Waals surface area (Å²) in [5.74, 6) is -1.30. The van der Waals surface area contributed by atoms with Crippen molar-refractivity contribution in [2.24, 2.45) is 0 Å². The van der Waals surface area contributed by atoms with Gasteiger partial charge in [-0.3, -0.25) is 9.59 Å². The Morgan fingerprint density at radius 2 is 1.45 bits per heavy atom. The van der Waals surface area contributed by atoms with Crippen LogP contribution >= 0.6 is 0 Å². The van der Waals surface area contributed by atoms with E-state index >= 15 is 0 Å². The minimum atomic E-state index is -2.19. The molecule has 0 rings (SSSR count). The standard InChI is InChI=1S/C14H26O7Si/c1-14(2,3)22(6,7)21-10(8-11(15)18-4)9-12(16)20-13(17)19-5/h10H,8-9H2,1-7H3/t10-/m0/s1. The first-order chi connectivity index (χ1) is 9.92. The molecule has 7 nitrogen and oxygen atoms in total. The molecule has 1 atom stereocenters. The summed E-state index contributed by atoms with van der Waals surface area (Å²) < 4.78 is 19.3. The van der Waals surface area contributed by atoms with Gasteiger partial charge in [-0.25, -0.2) is 4.79 Å². The lowest BCUT2D eigenvalue weighted by molar-refractivity contribution is -0.145. The highest BCUT2D eigenvalue weighted by atomic mass is 28.4. The molecule has 0 aliphatic heterocycles. The minimum absolute atomic E-state index is 0.0840. The van der Waals surface area contributed by atoms with E-state index in [2.05, 4.69) is 14.2 Å². The van der Waals surface area contributed by atoms with E-state index in [4.69, 9.17) is 4.43 Å². The lowest BCUT2D eigenvalue weighted by Crippen LogP contribution is -2.45. The van der Waals surface area contributed by atoms with E-state index in [1.807, 2.05) is 33.9 Å². The fourth-order valence-corrected chi connectivity index (χ4v) is 2.73. The Morgan fingerprint density at radius 1 is 0.955 bits per heavy atom. The average Bonchev–Trinajstić information content (AvgIpc) is 2.36. The Bertz CT molecular complexity index is 412. The van der Waals surface area contributed by atoms with Crippen molar-refractivity contribution in [3.05, 3.63) is 0 Å². The quantitative estimate of drug-likeness (QED) is 0.419. The maximum Gasteiger partial charge on any atom is 0.515 e. The normalized spacial score (nSPS) is 13.2. The number of hydrogen-bond donors (Lipinski definition) is 0. The van der Waals surface area contributed by atoms with Crippen LogP contribution in [0.2, 0.25) is 18.1 Å². The third-order valence-corrected chi connectivity index (χ3v) is 8.18. The third kappa shape index (κ3) is 7.03. The fraction of sp³-hybridized carbons (Fsp3) is 0.786. The average molecular weight is 334 g/mol. The van der Waals surface area contributed by atoms with Gasteiger partial charge in [0.15, 0.2) is 8.32 Å². The molecule has 0 aromatic heterocycles. The summed E-state index contributed by atoms with van der Waals surface area (Å²) in [5.41, 5.74) is 0. The maximum atomic E-state index is 11.7. The van der Waals surface area contributed by atoms with Crippen LogP contribution in [0.15, 0.2) is 0 Å². The summed E-state index contributed by atoms with van der Waals surface area (Å²) in [5, 5.41) is -0.0897. The Labute approximate surface area is 132 Å². The molecule has 0 saturated heterocycles. The zero-order chi connectivity index (χ0) is 17.6. The van der Waals surface area contributed by atoms with Crippen molar-refractivity contribution in [3.8, 4) is 0 Å². The van der Waals surface area contributed by atoms with Gasteiger partial charge in [-0.05, 0) is 18.1 Å². The molecule has 22 heavy (non-hydrogen) atoms. The molecule has 0 aliphatic rings. The number of rotatable bonds is 6. The highest BCUT2D eigenvalue weighted by molar-refractivity contribution is 6.74.